The zero-order valence-electron chi connectivity index (χ0n) is 13.2. The lowest BCUT2D eigenvalue weighted by atomic mass is 10.1. The second-order valence-electron chi connectivity index (χ2n) is 5.67. The van der Waals surface area contributed by atoms with Crippen LogP contribution < -0.4 is 16.0 Å². The third-order valence-corrected chi connectivity index (χ3v) is 4.01. The number of hydrogen-bond donors (Lipinski definition) is 2. The van der Waals surface area contributed by atoms with Gasteiger partial charge in [0.2, 0.25) is 0 Å². The lowest BCUT2D eigenvalue weighted by molar-refractivity contribution is 0.100. The van der Waals surface area contributed by atoms with E-state index in [0.29, 0.717) is 5.69 Å². The van der Waals surface area contributed by atoms with Gasteiger partial charge in [0.25, 0.3) is 11.8 Å². The van der Waals surface area contributed by atoms with E-state index in [-0.39, 0.29) is 11.3 Å². The Morgan fingerprint density at radius 1 is 1.08 bits per heavy atom. The van der Waals surface area contributed by atoms with Gasteiger partial charge in [-0.1, -0.05) is 12.1 Å². The normalized spacial score (nSPS) is 14.2. The van der Waals surface area contributed by atoms with E-state index in [1.54, 1.807) is 30.3 Å². The highest BCUT2D eigenvalue weighted by atomic mass is 16.2. The number of nitrogens with two attached hydrogens (primary N) is 1. The quantitative estimate of drug-likeness (QED) is 0.893. The van der Waals surface area contributed by atoms with E-state index in [4.69, 9.17) is 5.73 Å². The third-order valence-electron chi connectivity index (χ3n) is 4.01. The fraction of sp³-hybridized carbons (Fsp3) is 0.294. The summed E-state index contributed by atoms with van der Waals surface area (Å²) in [7, 11) is 0. The number of nitrogens with one attached hydrogen (secondary N) is 1. The molecular weight excluding hydrogens is 306 g/mol. The molecule has 0 spiro atoms. The first-order valence-corrected chi connectivity index (χ1v) is 7.92. The summed E-state index contributed by atoms with van der Waals surface area (Å²) < 4.78 is 0. The Morgan fingerprint density at radius 3 is 2.58 bits per heavy atom. The van der Waals surface area contributed by atoms with Gasteiger partial charge in [-0.3, -0.25) is 9.59 Å². The van der Waals surface area contributed by atoms with Crippen molar-refractivity contribution in [1.82, 2.24) is 9.97 Å². The van der Waals surface area contributed by atoms with Crippen LogP contribution >= 0.6 is 0 Å². The number of amides is 2. The predicted molar refractivity (Wildman–Crippen MR) is 91.0 cm³/mol. The number of nitrogens with zero attached hydrogens (tertiary/aromatic N) is 3. The van der Waals surface area contributed by atoms with Crippen LogP contribution in [0.3, 0.4) is 0 Å². The van der Waals surface area contributed by atoms with Crippen molar-refractivity contribution >= 4 is 23.3 Å². The van der Waals surface area contributed by atoms with Gasteiger partial charge in [0.05, 0.1) is 11.3 Å². The minimum absolute atomic E-state index is 0.254. The number of primary amides is 1. The SMILES string of the molecule is NC(=O)c1ccccc1NC(=O)c1cc(N2CCCCC2)ncn1. The second-order valence-corrected chi connectivity index (χ2v) is 5.67. The summed E-state index contributed by atoms with van der Waals surface area (Å²) >= 11 is 0. The highest BCUT2D eigenvalue weighted by Gasteiger charge is 2.16. The minimum Gasteiger partial charge on any atom is -0.366 e. The van der Waals surface area contributed by atoms with E-state index in [1.807, 2.05) is 0 Å². The Bertz CT molecular complexity index is 756. The fourth-order valence-electron chi connectivity index (χ4n) is 2.76. The fourth-order valence-corrected chi connectivity index (χ4v) is 2.76. The summed E-state index contributed by atoms with van der Waals surface area (Å²) in [4.78, 5) is 34.3. The summed E-state index contributed by atoms with van der Waals surface area (Å²) in [5.41, 5.74) is 6.21. The smallest absolute Gasteiger partial charge is 0.274 e. The van der Waals surface area contributed by atoms with E-state index < -0.39 is 11.8 Å². The van der Waals surface area contributed by atoms with Crippen molar-refractivity contribution in [3.8, 4) is 0 Å². The first-order valence-electron chi connectivity index (χ1n) is 7.92. The highest BCUT2D eigenvalue weighted by Crippen LogP contribution is 2.19. The summed E-state index contributed by atoms with van der Waals surface area (Å²) in [6, 6.07) is 8.28. The lowest BCUT2D eigenvalue weighted by Crippen LogP contribution is -2.30. The molecule has 0 radical (unpaired) electrons. The van der Waals surface area contributed by atoms with Crippen LogP contribution in [0.1, 0.15) is 40.1 Å². The molecule has 3 N–H and O–H groups in total. The zero-order chi connectivity index (χ0) is 16.9. The summed E-state index contributed by atoms with van der Waals surface area (Å²) in [6.07, 6.45) is 4.85. The van der Waals surface area contributed by atoms with Crippen molar-refractivity contribution in [2.75, 3.05) is 23.3 Å². The standard InChI is InChI=1S/C17H19N5O2/c18-16(23)12-6-2-3-7-13(12)21-17(24)14-10-15(20-11-19-14)22-8-4-1-5-9-22/h2-3,6-7,10-11H,1,4-5,8-9H2,(H2,18,23)(H,21,24). The molecular formula is C17H19N5O2. The highest BCUT2D eigenvalue weighted by molar-refractivity contribution is 6.08. The number of aromatic nitrogens is 2. The number of carbonyl (C=O) groups excluding carboxylic acids is 2. The summed E-state index contributed by atoms with van der Waals surface area (Å²) in [6.45, 7) is 1.87. The predicted octanol–water partition coefficient (Wildman–Crippen LogP) is 1.82. The van der Waals surface area contributed by atoms with E-state index in [9.17, 15) is 9.59 Å². The van der Waals surface area contributed by atoms with Gasteiger partial charge in [0, 0.05) is 19.2 Å². The summed E-state index contributed by atoms with van der Waals surface area (Å²) in [5.74, 6) is -0.245. The van der Waals surface area contributed by atoms with Crippen molar-refractivity contribution < 1.29 is 9.59 Å². The van der Waals surface area contributed by atoms with Crippen LogP contribution in [0.2, 0.25) is 0 Å². The monoisotopic (exact) mass is 325 g/mol. The molecule has 1 aromatic heterocycles. The Hall–Kier alpha value is -2.96. The van der Waals surface area contributed by atoms with Crippen LogP contribution in [0.25, 0.3) is 0 Å². The third kappa shape index (κ3) is 3.51. The molecule has 0 atom stereocenters. The van der Waals surface area contributed by atoms with Gasteiger partial charge < -0.3 is 16.0 Å². The Balaban J connectivity index is 1.79. The molecule has 7 nitrogen and oxygen atoms in total. The van der Waals surface area contributed by atoms with Crippen molar-refractivity contribution in [3.63, 3.8) is 0 Å². The second kappa shape index (κ2) is 7.08. The molecule has 7 heteroatoms. The zero-order valence-corrected chi connectivity index (χ0v) is 13.2. The topological polar surface area (TPSA) is 101 Å². The molecule has 1 fully saturated rings. The molecule has 1 aliphatic rings. The Labute approximate surface area is 139 Å². The van der Waals surface area contributed by atoms with E-state index in [2.05, 4.69) is 20.2 Å². The van der Waals surface area contributed by atoms with Crippen molar-refractivity contribution in [1.29, 1.82) is 0 Å². The van der Waals surface area contributed by atoms with Crippen molar-refractivity contribution in [3.05, 3.63) is 47.9 Å². The van der Waals surface area contributed by atoms with Gasteiger partial charge in [-0.15, -0.1) is 0 Å². The van der Waals surface area contributed by atoms with E-state index in [0.717, 1.165) is 31.7 Å². The van der Waals surface area contributed by atoms with Crippen molar-refractivity contribution in [2.24, 2.45) is 5.73 Å². The molecule has 2 aromatic rings. The number of anilines is 2. The number of rotatable bonds is 4. The van der Waals surface area contributed by atoms with Crippen LogP contribution in [0, 0.1) is 0 Å². The maximum Gasteiger partial charge on any atom is 0.274 e. The number of para-hydroxylation sites is 1. The molecule has 2 amide bonds. The molecule has 0 bridgehead atoms. The van der Waals surface area contributed by atoms with E-state index >= 15 is 0 Å². The van der Waals surface area contributed by atoms with Crippen LogP contribution in [-0.2, 0) is 0 Å². The average molecular weight is 325 g/mol. The van der Waals surface area contributed by atoms with Gasteiger partial charge >= 0.3 is 0 Å². The van der Waals surface area contributed by atoms with Gasteiger partial charge in [-0.05, 0) is 31.4 Å². The van der Waals surface area contributed by atoms with Gasteiger partial charge in [0.15, 0.2) is 0 Å². The number of carbonyl (C=O) groups is 2. The largest absolute Gasteiger partial charge is 0.366 e. The van der Waals surface area contributed by atoms with E-state index in [1.165, 1.54) is 12.7 Å². The van der Waals surface area contributed by atoms with Crippen LogP contribution in [0.5, 0.6) is 0 Å². The molecule has 1 aliphatic heterocycles. The number of benzene rings is 1. The maximum absolute atomic E-state index is 12.5. The van der Waals surface area contributed by atoms with Crippen LogP contribution in [-0.4, -0.2) is 34.9 Å². The molecule has 0 saturated carbocycles. The number of hydrogen-bond acceptors (Lipinski definition) is 5. The van der Waals surface area contributed by atoms with Crippen LogP contribution in [0.15, 0.2) is 36.7 Å². The summed E-state index contributed by atoms with van der Waals surface area (Å²) in [5, 5.41) is 2.69. The first-order chi connectivity index (χ1) is 11.6. The van der Waals surface area contributed by atoms with Gasteiger partial charge in [-0.25, -0.2) is 9.97 Å². The maximum atomic E-state index is 12.5. The molecule has 24 heavy (non-hydrogen) atoms. The Kier molecular flexibility index (Phi) is 4.69. The Morgan fingerprint density at radius 2 is 1.83 bits per heavy atom. The van der Waals surface area contributed by atoms with Crippen LogP contribution in [0.4, 0.5) is 11.5 Å². The minimum atomic E-state index is -0.595. The number of piperidine rings is 1. The van der Waals surface area contributed by atoms with Gasteiger partial charge in [-0.2, -0.15) is 0 Å². The lowest BCUT2D eigenvalue weighted by Gasteiger charge is -2.27. The molecule has 0 unspecified atom stereocenters. The molecule has 0 aliphatic carbocycles. The van der Waals surface area contributed by atoms with Gasteiger partial charge in [0.1, 0.15) is 17.8 Å². The molecule has 124 valence electrons. The first kappa shape index (κ1) is 15.9. The van der Waals surface area contributed by atoms with Crippen molar-refractivity contribution in [2.45, 2.75) is 19.3 Å². The average Bonchev–Trinajstić information content (AvgIpc) is 2.63. The molecule has 1 aromatic carbocycles. The molecule has 1 saturated heterocycles. The molecule has 3 rings (SSSR count). The molecule has 2 heterocycles.